The first-order valence-corrected chi connectivity index (χ1v) is 6.36. The van der Waals surface area contributed by atoms with Gasteiger partial charge in [0.15, 0.2) is 0 Å². The van der Waals surface area contributed by atoms with E-state index in [1.807, 2.05) is 13.8 Å². The Morgan fingerprint density at radius 3 is 2.42 bits per heavy atom. The van der Waals surface area contributed by atoms with Crippen LogP contribution in [-0.4, -0.2) is 11.8 Å². The first kappa shape index (κ1) is 15.1. The fraction of sp³-hybridized carbons (Fsp3) is 0.429. The Balaban J connectivity index is 2.35. The van der Waals surface area contributed by atoms with Crippen molar-refractivity contribution in [3.05, 3.63) is 35.6 Å². The van der Waals surface area contributed by atoms with Gasteiger partial charge in [-0.25, -0.2) is 4.39 Å². The summed E-state index contributed by atoms with van der Waals surface area (Å²) in [6.45, 7) is 3.81. The molecule has 0 radical (unpaired) electrons. The molecule has 0 fully saturated rings. The van der Waals surface area contributed by atoms with Gasteiger partial charge in [-0.1, -0.05) is 32.4 Å². The van der Waals surface area contributed by atoms with Crippen molar-refractivity contribution < 1.29 is 14.0 Å². The quantitative estimate of drug-likeness (QED) is 0.800. The third-order valence-electron chi connectivity index (χ3n) is 2.77. The minimum atomic E-state index is -0.342. The summed E-state index contributed by atoms with van der Waals surface area (Å²) in [5, 5.41) is 0. The molecule has 0 aliphatic heterocycles. The summed E-state index contributed by atoms with van der Waals surface area (Å²) in [6, 6.07) is 5.67. The van der Waals surface area contributed by atoms with E-state index in [4.69, 9.17) is 0 Å². The number of hydrazine groups is 1. The summed E-state index contributed by atoms with van der Waals surface area (Å²) in [7, 11) is 0. The molecule has 4 nitrogen and oxygen atoms in total. The molecule has 1 atom stereocenters. The molecule has 0 aliphatic carbocycles. The van der Waals surface area contributed by atoms with E-state index in [-0.39, 0.29) is 30.0 Å². The smallest absolute Gasteiger partial charge is 0.242 e. The van der Waals surface area contributed by atoms with Crippen LogP contribution in [0.25, 0.3) is 0 Å². The number of halogens is 1. The van der Waals surface area contributed by atoms with E-state index in [1.54, 1.807) is 0 Å². The Kier molecular flexibility index (Phi) is 5.99. The normalized spacial score (nSPS) is 11.7. The lowest BCUT2D eigenvalue weighted by atomic mass is 10.1. The fourth-order valence-corrected chi connectivity index (χ4v) is 1.65. The highest BCUT2D eigenvalue weighted by Crippen LogP contribution is 2.04. The maximum absolute atomic E-state index is 12.7. The topological polar surface area (TPSA) is 58.2 Å². The molecule has 1 aromatic carbocycles. The van der Waals surface area contributed by atoms with E-state index in [0.717, 1.165) is 12.8 Å². The van der Waals surface area contributed by atoms with Gasteiger partial charge in [0.1, 0.15) is 5.82 Å². The molecule has 104 valence electrons. The zero-order valence-corrected chi connectivity index (χ0v) is 11.2. The van der Waals surface area contributed by atoms with E-state index >= 15 is 0 Å². The number of amides is 2. The van der Waals surface area contributed by atoms with Crippen LogP contribution in [0.2, 0.25) is 0 Å². The standard InChI is InChI=1S/C14H19FN2O2/c1-3-4-10(2)14(19)17-16-13(18)9-11-5-7-12(15)8-6-11/h5-8,10H,3-4,9H2,1-2H3,(H,16,18)(H,17,19). The van der Waals surface area contributed by atoms with Gasteiger partial charge in [-0.2, -0.15) is 0 Å². The summed E-state index contributed by atoms with van der Waals surface area (Å²) in [4.78, 5) is 23.1. The van der Waals surface area contributed by atoms with Gasteiger partial charge in [0.05, 0.1) is 6.42 Å². The molecular formula is C14H19FN2O2. The molecule has 0 saturated heterocycles. The molecule has 2 amide bonds. The van der Waals surface area contributed by atoms with Crippen LogP contribution in [0.1, 0.15) is 32.3 Å². The van der Waals surface area contributed by atoms with E-state index in [0.29, 0.717) is 5.56 Å². The lowest BCUT2D eigenvalue weighted by Crippen LogP contribution is -2.44. The molecular weight excluding hydrogens is 247 g/mol. The van der Waals surface area contributed by atoms with Gasteiger partial charge in [0.2, 0.25) is 11.8 Å². The molecule has 0 aliphatic rings. The monoisotopic (exact) mass is 266 g/mol. The van der Waals surface area contributed by atoms with Gasteiger partial charge in [0, 0.05) is 5.92 Å². The Morgan fingerprint density at radius 1 is 1.21 bits per heavy atom. The van der Waals surface area contributed by atoms with Crippen LogP contribution in [0, 0.1) is 11.7 Å². The Morgan fingerprint density at radius 2 is 1.84 bits per heavy atom. The Hall–Kier alpha value is -1.91. The molecule has 1 aromatic rings. The SMILES string of the molecule is CCCC(C)C(=O)NNC(=O)Cc1ccc(F)cc1. The van der Waals surface area contributed by atoms with Gasteiger partial charge >= 0.3 is 0 Å². The first-order chi connectivity index (χ1) is 9.02. The fourth-order valence-electron chi connectivity index (χ4n) is 1.65. The second kappa shape index (κ2) is 7.51. The number of benzene rings is 1. The highest BCUT2D eigenvalue weighted by Gasteiger charge is 2.12. The van der Waals surface area contributed by atoms with Crippen LogP contribution in [0.3, 0.4) is 0 Å². The molecule has 1 unspecified atom stereocenters. The van der Waals surface area contributed by atoms with Crippen LogP contribution >= 0.6 is 0 Å². The van der Waals surface area contributed by atoms with Gasteiger partial charge in [-0.3, -0.25) is 20.4 Å². The Labute approximate surface area is 112 Å². The van der Waals surface area contributed by atoms with Crippen molar-refractivity contribution in [1.29, 1.82) is 0 Å². The van der Waals surface area contributed by atoms with Crippen LogP contribution in [0.4, 0.5) is 4.39 Å². The van der Waals surface area contributed by atoms with Gasteiger partial charge in [-0.05, 0) is 24.1 Å². The molecule has 0 heterocycles. The second-order valence-electron chi connectivity index (χ2n) is 4.53. The van der Waals surface area contributed by atoms with Gasteiger partial charge < -0.3 is 0 Å². The zero-order chi connectivity index (χ0) is 14.3. The molecule has 5 heteroatoms. The van der Waals surface area contributed by atoms with Crippen LogP contribution < -0.4 is 10.9 Å². The van der Waals surface area contributed by atoms with Gasteiger partial charge in [-0.15, -0.1) is 0 Å². The molecule has 0 spiro atoms. The number of carbonyl (C=O) groups is 2. The summed E-state index contributed by atoms with van der Waals surface area (Å²) in [5.74, 6) is -1.00. The zero-order valence-electron chi connectivity index (χ0n) is 11.2. The number of carbonyl (C=O) groups excluding carboxylic acids is 2. The van der Waals surface area contributed by atoms with Crippen molar-refractivity contribution in [2.24, 2.45) is 5.92 Å². The van der Waals surface area contributed by atoms with Crippen molar-refractivity contribution in [2.75, 3.05) is 0 Å². The molecule has 19 heavy (non-hydrogen) atoms. The average Bonchev–Trinajstić information content (AvgIpc) is 2.39. The van der Waals surface area contributed by atoms with E-state index < -0.39 is 0 Å². The van der Waals surface area contributed by atoms with Crippen molar-refractivity contribution in [2.45, 2.75) is 33.1 Å². The summed E-state index contributed by atoms with van der Waals surface area (Å²) >= 11 is 0. The van der Waals surface area contributed by atoms with Crippen molar-refractivity contribution >= 4 is 11.8 Å². The number of hydrogen-bond acceptors (Lipinski definition) is 2. The minimum Gasteiger partial charge on any atom is -0.273 e. The van der Waals surface area contributed by atoms with Crippen molar-refractivity contribution in [3.8, 4) is 0 Å². The number of nitrogens with one attached hydrogen (secondary N) is 2. The lowest BCUT2D eigenvalue weighted by molar-refractivity contribution is -0.130. The lowest BCUT2D eigenvalue weighted by Gasteiger charge is -2.12. The molecule has 0 aromatic heterocycles. The predicted molar refractivity (Wildman–Crippen MR) is 70.5 cm³/mol. The number of rotatable bonds is 5. The highest BCUT2D eigenvalue weighted by molar-refractivity contribution is 5.84. The third-order valence-corrected chi connectivity index (χ3v) is 2.77. The molecule has 0 bridgehead atoms. The predicted octanol–water partition coefficient (Wildman–Crippen LogP) is 1.95. The van der Waals surface area contributed by atoms with Gasteiger partial charge in [0.25, 0.3) is 0 Å². The van der Waals surface area contributed by atoms with Crippen LogP contribution in [-0.2, 0) is 16.0 Å². The van der Waals surface area contributed by atoms with E-state index in [2.05, 4.69) is 10.9 Å². The molecule has 0 saturated carbocycles. The van der Waals surface area contributed by atoms with Crippen LogP contribution in [0.5, 0.6) is 0 Å². The maximum atomic E-state index is 12.7. The van der Waals surface area contributed by atoms with E-state index in [9.17, 15) is 14.0 Å². The maximum Gasteiger partial charge on any atom is 0.242 e. The number of hydrogen-bond donors (Lipinski definition) is 2. The molecule has 1 rings (SSSR count). The van der Waals surface area contributed by atoms with Crippen molar-refractivity contribution in [3.63, 3.8) is 0 Å². The van der Waals surface area contributed by atoms with Crippen LogP contribution in [0.15, 0.2) is 24.3 Å². The third kappa shape index (κ3) is 5.50. The highest BCUT2D eigenvalue weighted by atomic mass is 19.1. The molecule has 2 N–H and O–H groups in total. The largest absolute Gasteiger partial charge is 0.273 e. The summed E-state index contributed by atoms with van der Waals surface area (Å²) in [5.41, 5.74) is 5.43. The second-order valence-corrected chi connectivity index (χ2v) is 4.53. The summed E-state index contributed by atoms with van der Waals surface area (Å²) < 4.78 is 12.7. The first-order valence-electron chi connectivity index (χ1n) is 6.36. The van der Waals surface area contributed by atoms with E-state index in [1.165, 1.54) is 24.3 Å². The minimum absolute atomic E-state index is 0.0999. The Bertz CT molecular complexity index is 432. The van der Waals surface area contributed by atoms with Crippen molar-refractivity contribution in [1.82, 2.24) is 10.9 Å². The average molecular weight is 266 g/mol. The summed E-state index contributed by atoms with van der Waals surface area (Å²) in [6.07, 6.45) is 1.79.